The van der Waals surface area contributed by atoms with E-state index in [0.717, 1.165) is 17.8 Å². The van der Waals surface area contributed by atoms with E-state index in [-0.39, 0.29) is 0 Å². The number of hydrogen-bond donors (Lipinski definition) is 0. The third kappa shape index (κ3) is 5.80. The molecule has 0 aromatic heterocycles. The van der Waals surface area contributed by atoms with Gasteiger partial charge < -0.3 is 0 Å². The predicted octanol–water partition coefficient (Wildman–Crippen LogP) is 7.39. The Hall–Kier alpha value is -0.260. The van der Waals surface area contributed by atoms with Crippen LogP contribution in [0.15, 0.2) is 11.6 Å². The molecule has 0 aromatic carbocycles. The van der Waals surface area contributed by atoms with Gasteiger partial charge in [-0.05, 0) is 55.3 Å². The number of rotatable bonds is 7. The summed E-state index contributed by atoms with van der Waals surface area (Å²) < 4.78 is 0. The van der Waals surface area contributed by atoms with Gasteiger partial charge in [0.15, 0.2) is 0 Å². The van der Waals surface area contributed by atoms with Crippen LogP contribution >= 0.6 is 0 Å². The van der Waals surface area contributed by atoms with Crippen molar-refractivity contribution in [1.29, 1.82) is 0 Å². The second kappa shape index (κ2) is 9.01. The molecule has 0 nitrogen and oxygen atoms in total. The van der Waals surface area contributed by atoms with Crippen LogP contribution < -0.4 is 0 Å². The lowest BCUT2D eigenvalue weighted by molar-refractivity contribution is 0.147. The summed E-state index contributed by atoms with van der Waals surface area (Å²) >= 11 is 0. The monoisotopic (exact) mass is 292 g/mol. The molecule has 1 aliphatic carbocycles. The van der Waals surface area contributed by atoms with Gasteiger partial charge in [0.05, 0.1) is 0 Å². The predicted molar refractivity (Wildman–Crippen MR) is 96.6 cm³/mol. The molecular formula is C21H40. The van der Waals surface area contributed by atoms with Gasteiger partial charge in [0.1, 0.15) is 0 Å². The van der Waals surface area contributed by atoms with Crippen LogP contribution in [0.2, 0.25) is 0 Å². The Bertz CT molecular complexity index is 314. The first kappa shape index (κ1) is 18.8. The second-order valence-electron chi connectivity index (χ2n) is 8.15. The smallest absolute Gasteiger partial charge is 0.0177 e. The minimum Gasteiger partial charge on any atom is -0.0817 e. The summed E-state index contributed by atoms with van der Waals surface area (Å²) in [5.74, 6) is 2.55. The highest BCUT2D eigenvalue weighted by molar-refractivity contribution is 5.10. The fourth-order valence-electron chi connectivity index (χ4n) is 4.07. The van der Waals surface area contributed by atoms with E-state index < -0.39 is 0 Å². The zero-order valence-corrected chi connectivity index (χ0v) is 15.7. The van der Waals surface area contributed by atoms with Crippen molar-refractivity contribution in [1.82, 2.24) is 0 Å². The normalized spacial score (nSPS) is 32.2. The van der Waals surface area contributed by atoms with Crippen molar-refractivity contribution in [3.8, 4) is 0 Å². The Morgan fingerprint density at radius 2 is 2.00 bits per heavy atom. The first-order valence-corrected chi connectivity index (χ1v) is 9.64. The lowest BCUT2D eigenvalue weighted by Gasteiger charge is -2.40. The van der Waals surface area contributed by atoms with Crippen LogP contribution in [0.5, 0.6) is 0 Å². The molecule has 4 atom stereocenters. The van der Waals surface area contributed by atoms with Gasteiger partial charge in [0.2, 0.25) is 0 Å². The molecule has 0 spiro atoms. The average Bonchev–Trinajstić information content (AvgIpc) is 2.46. The fourth-order valence-corrected chi connectivity index (χ4v) is 4.07. The highest BCUT2D eigenvalue weighted by atomic mass is 14.4. The molecule has 124 valence electrons. The summed E-state index contributed by atoms with van der Waals surface area (Å²) in [5, 5.41) is 0. The Balaban J connectivity index is 2.97. The van der Waals surface area contributed by atoms with Crippen molar-refractivity contribution in [3.05, 3.63) is 11.6 Å². The summed E-state index contributed by atoms with van der Waals surface area (Å²) in [6.45, 7) is 14.5. The molecule has 0 aromatic rings. The summed E-state index contributed by atoms with van der Waals surface area (Å²) in [4.78, 5) is 0. The molecule has 0 saturated carbocycles. The molecule has 4 unspecified atom stereocenters. The minimum atomic E-state index is 0.524. The Labute approximate surface area is 134 Å². The lowest BCUT2D eigenvalue weighted by Crippen LogP contribution is -2.29. The van der Waals surface area contributed by atoms with Crippen molar-refractivity contribution in [3.63, 3.8) is 0 Å². The summed E-state index contributed by atoms with van der Waals surface area (Å²) in [6.07, 6.45) is 15.0. The Morgan fingerprint density at radius 3 is 2.57 bits per heavy atom. The Morgan fingerprint density at radius 1 is 1.29 bits per heavy atom. The largest absolute Gasteiger partial charge is 0.0817 e. The van der Waals surface area contributed by atoms with Gasteiger partial charge in [-0.15, -0.1) is 0 Å². The minimum absolute atomic E-state index is 0.524. The van der Waals surface area contributed by atoms with Crippen LogP contribution in [0.3, 0.4) is 0 Å². The lowest BCUT2D eigenvalue weighted by atomic mass is 9.65. The van der Waals surface area contributed by atoms with Crippen LogP contribution in [0, 0.1) is 23.2 Å². The molecule has 0 N–H and O–H groups in total. The summed E-state index contributed by atoms with van der Waals surface area (Å²) in [7, 11) is 0. The summed E-state index contributed by atoms with van der Waals surface area (Å²) in [6, 6.07) is 0. The van der Waals surface area contributed by atoms with Gasteiger partial charge in [-0.1, -0.05) is 78.9 Å². The van der Waals surface area contributed by atoms with Crippen LogP contribution in [-0.4, -0.2) is 0 Å². The van der Waals surface area contributed by atoms with Crippen molar-refractivity contribution < 1.29 is 0 Å². The molecule has 0 aliphatic heterocycles. The van der Waals surface area contributed by atoms with E-state index in [2.05, 4.69) is 47.6 Å². The highest BCUT2D eigenvalue weighted by Gasteiger charge is 2.33. The number of hydrogen-bond acceptors (Lipinski definition) is 0. The SMILES string of the molecule is CCCCC1C=C(CC(C)CC)CCC(C)CC1(C)CC. The average molecular weight is 293 g/mol. The van der Waals surface area contributed by atoms with Gasteiger partial charge >= 0.3 is 0 Å². The van der Waals surface area contributed by atoms with Gasteiger partial charge in [-0.3, -0.25) is 0 Å². The van der Waals surface area contributed by atoms with Gasteiger partial charge in [-0.2, -0.15) is 0 Å². The zero-order valence-electron chi connectivity index (χ0n) is 15.7. The van der Waals surface area contributed by atoms with Gasteiger partial charge in [0, 0.05) is 0 Å². The highest BCUT2D eigenvalue weighted by Crippen LogP contribution is 2.45. The Kier molecular flexibility index (Phi) is 8.06. The fraction of sp³-hybridized carbons (Fsp3) is 0.905. The molecule has 0 saturated heterocycles. The molecule has 0 radical (unpaired) electrons. The quantitative estimate of drug-likeness (QED) is 0.429. The van der Waals surface area contributed by atoms with Crippen LogP contribution in [0.1, 0.15) is 99.3 Å². The maximum Gasteiger partial charge on any atom is -0.0177 e. The molecule has 21 heavy (non-hydrogen) atoms. The first-order chi connectivity index (χ1) is 9.95. The van der Waals surface area contributed by atoms with E-state index >= 15 is 0 Å². The van der Waals surface area contributed by atoms with Crippen molar-refractivity contribution in [2.24, 2.45) is 23.2 Å². The molecule has 0 bridgehead atoms. The van der Waals surface area contributed by atoms with E-state index in [1.54, 1.807) is 5.57 Å². The number of unbranched alkanes of at least 4 members (excludes halogenated alkanes) is 1. The van der Waals surface area contributed by atoms with Crippen LogP contribution in [0.4, 0.5) is 0 Å². The molecule has 0 heteroatoms. The third-order valence-corrected chi connectivity index (χ3v) is 6.09. The molecular weight excluding hydrogens is 252 g/mol. The summed E-state index contributed by atoms with van der Waals surface area (Å²) in [5.41, 5.74) is 2.30. The zero-order chi connectivity index (χ0) is 15.9. The van der Waals surface area contributed by atoms with Gasteiger partial charge in [0.25, 0.3) is 0 Å². The topological polar surface area (TPSA) is 0 Å². The standard InChI is InChI=1S/C21H40/c1-7-10-11-20-15-19(14-17(4)8-2)13-12-18(5)16-21(20,6)9-3/h15,17-18,20H,7-14,16H2,1-6H3. The van der Waals surface area contributed by atoms with Crippen molar-refractivity contribution in [2.75, 3.05) is 0 Å². The van der Waals surface area contributed by atoms with Crippen LogP contribution in [0.25, 0.3) is 0 Å². The van der Waals surface area contributed by atoms with E-state index in [0.29, 0.717) is 5.41 Å². The van der Waals surface area contributed by atoms with Crippen LogP contribution in [-0.2, 0) is 0 Å². The second-order valence-corrected chi connectivity index (χ2v) is 8.15. The number of allylic oxidation sites excluding steroid dienone is 2. The maximum atomic E-state index is 2.73. The molecule has 1 aliphatic rings. The molecule has 0 heterocycles. The molecule has 1 rings (SSSR count). The first-order valence-electron chi connectivity index (χ1n) is 9.64. The van der Waals surface area contributed by atoms with Crippen molar-refractivity contribution >= 4 is 0 Å². The van der Waals surface area contributed by atoms with Gasteiger partial charge in [-0.25, -0.2) is 0 Å². The van der Waals surface area contributed by atoms with Crippen molar-refractivity contribution in [2.45, 2.75) is 99.3 Å². The third-order valence-electron chi connectivity index (χ3n) is 6.09. The molecule has 0 amide bonds. The van der Waals surface area contributed by atoms with E-state index in [1.807, 2.05) is 0 Å². The van der Waals surface area contributed by atoms with E-state index in [4.69, 9.17) is 0 Å². The maximum absolute atomic E-state index is 2.73. The van der Waals surface area contributed by atoms with E-state index in [1.165, 1.54) is 57.8 Å². The van der Waals surface area contributed by atoms with E-state index in [9.17, 15) is 0 Å². The molecule has 0 fully saturated rings.